The molecular weight excluding hydrogens is 227 g/mol. The molecule has 3 heteroatoms. The van der Waals surface area contributed by atoms with Crippen LogP contribution in [0, 0.1) is 11.2 Å². The number of likely N-dealkylation sites (tertiary alicyclic amines) is 1. The Morgan fingerprint density at radius 3 is 2.72 bits per heavy atom. The summed E-state index contributed by atoms with van der Waals surface area (Å²) in [5, 5.41) is 3.43. The van der Waals surface area contributed by atoms with Crippen molar-refractivity contribution >= 4 is 0 Å². The molecule has 0 saturated carbocycles. The minimum Gasteiger partial charge on any atom is -0.317 e. The summed E-state index contributed by atoms with van der Waals surface area (Å²) in [4.78, 5) is 2.36. The zero-order valence-corrected chi connectivity index (χ0v) is 11.0. The molecule has 2 saturated heterocycles. The first kappa shape index (κ1) is 12.1. The standard InChI is InChI=1S/C15H21FN2/c1-18-10-13(12-4-2-3-5-14(12)16)15(11-18)6-8-17-9-7-15/h2-5,13,17H,6-11H2,1H3. The van der Waals surface area contributed by atoms with E-state index in [2.05, 4.69) is 17.3 Å². The van der Waals surface area contributed by atoms with Crippen LogP contribution in [0.25, 0.3) is 0 Å². The molecular formula is C15H21FN2. The first-order chi connectivity index (χ1) is 8.71. The van der Waals surface area contributed by atoms with Gasteiger partial charge in [-0.05, 0) is 50.0 Å². The highest BCUT2D eigenvalue weighted by atomic mass is 19.1. The van der Waals surface area contributed by atoms with Crippen LogP contribution in [0.4, 0.5) is 4.39 Å². The molecule has 2 fully saturated rings. The van der Waals surface area contributed by atoms with Gasteiger partial charge in [0.25, 0.3) is 0 Å². The lowest BCUT2D eigenvalue weighted by atomic mass is 9.68. The number of piperidine rings is 1. The van der Waals surface area contributed by atoms with Gasteiger partial charge >= 0.3 is 0 Å². The minimum atomic E-state index is -0.0318. The molecule has 1 N–H and O–H groups in total. The Morgan fingerprint density at radius 2 is 2.00 bits per heavy atom. The quantitative estimate of drug-likeness (QED) is 0.820. The van der Waals surface area contributed by atoms with E-state index in [1.165, 1.54) is 0 Å². The fourth-order valence-corrected chi connectivity index (χ4v) is 3.83. The molecule has 1 atom stereocenters. The number of rotatable bonds is 1. The van der Waals surface area contributed by atoms with E-state index >= 15 is 0 Å². The van der Waals surface area contributed by atoms with Gasteiger partial charge in [0.2, 0.25) is 0 Å². The zero-order chi connectivity index (χ0) is 12.6. The van der Waals surface area contributed by atoms with Gasteiger partial charge < -0.3 is 10.2 Å². The lowest BCUT2D eigenvalue weighted by Crippen LogP contribution is -2.41. The Bertz CT molecular complexity index is 426. The number of hydrogen-bond acceptors (Lipinski definition) is 2. The van der Waals surface area contributed by atoms with Crippen LogP contribution in [0.1, 0.15) is 24.3 Å². The maximum Gasteiger partial charge on any atom is 0.126 e. The summed E-state index contributed by atoms with van der Waals surface area (Å²) < 4.78 is 14.1. The van der Waals surface area contributed by atoms with Gasteiger partial charge in [-0.15, -0.1) is 0 Å². The van der Waals surface area contributed by atoms with Crippen LogP contribution in [0.15, 0.2) is 24.3 Å². The van der Waals surface area contributed by atoms with Crippen LogP contribution in [0.5, 0.6) is 0 Å². The van der Waals surface area contributed by atoms with E-state index in [-0.39, 0.29) is 11.2 Å². The number of likely N-dealkylation sites (N-methyl/N-ethyl adjacent to an activating group) is 1. The van der Waals surface area contributed by atoms with Crippen molar-refractivity contribution in [1.29, 1.82) is 0 Å². The molecule has 2 heterocycles. The third kappa shape index (κ3) is 1.95. The van der Waals surface area contributed by atoms with E-state index < -0.39 is 0 Å². The molecule has 3 rings (SSSR count). The zero-order valence-electron chi connectivity index (χ0n) is 11.0. The molecule has 2 aliphatic rings. The summed E-state index contributed by atoms with van der Waals surface area (Å²) in [6.45, 7) is 4.23. The Morgan fingerprint density at radius 1 is 1.28 bits per heavy atom. The van der Waals surface area contributed by atoms with Crippen molar-refractivity contribution in [3.63, 3.8) is 0 Å². The van der Waals surface area contributed by atoms with Crippen LogP contribution in [0.3, 0.4) is 0 Å². The maximum absolute atomic E-state index is 14.1. The average molecular weight is 248 g/mol. The molecule has 0 radical (unpaired) electrons. The van der Waals surface area contributed by atoms with Gasteiger partial charge in [0.15, 0.2) is 0 Å². The van der Waals surface area contributed by atoms with E-state index in [1.807, 2.05) is 12.1 Å². The van der Waals surface area contributed by atoms with Crippen molar-refractivity contribution in [3.05, 3.63) is 35.6 Å². The molecule has 1 aromatic carbocycles. The van der Waals surface area contributed by atoms with Crippen molar-refractivity contribution in [3.8, 4) is 0 Å². The minimum absolute atomic E-state index is 0.0318. The molecule has 1 unspecified atom stereocenters. The fourth-order valence-electron chi connectivity index (χ4n) is 3.83. The number of halogens is 1. The maximum atomic E-state index is 14.1. The van der Waals surface area contributed by atoms with Crippen LogP contribution in [-0.2, 0) is 0 Å². The van der Waals surface area contributed by atoms with E-state index in [0.29, 0.717) is 5.92 Å². The summed E-state index contributed by atoms with van der Waals surface area (Å²) >= 11 is 0. The molecule has 98 valence electrons. The molecule has 0 aliphatic carbocycles. The van der Waals surface area contributed by atoms with Gasteiger partial charge in [-0.3, -0.25) is 0 Å². The van der Waals surface area contributed by atoms with Gasteiger partial charge in [0, 0.05) is 19.0 Å². The van der Waals surface area contributed by atoms with Crippen LogP contribution in [-0.4, -0.2) is 38.1 Å². The third-order valence-electron chi connectivity index (χ3n) is 4.70. The number of benzene rings is 1. The van der Waals surface area contributed by atoms with Crippen molar-refractivity contribution in [1.82, 2.24) is 10.2 Å². The van der Waals surface area contributed by atoms with Gasteiger partial charge in [0.05, 0.1) is 0 Å². The highest BCUT2D eigenvalue weighted by molar-refractivity contribution is 5.27. The first-order valence-electron chi connectivity index (χ1n) is 6.85. The Labute approximate surface area is 108 Å². The largest absolute Gasteiger partial charge is 0.317 e. The number of hydrogen-bond donors (Lipinski definition) is 1. The van der Waals surface area contributed by atoms with Gasteiger partial charge in [0.1, 0.15) is 5.82 Å². The second-order valence-corrected chi connectivity index (χ2v) is 5.88. The van der Waals surface area contributed by atoms with Crippen LogP contribution in [0.2, 0.25) is 0 Å². The second kappa shape index (κ2) is 4.63. The summed E-state index contributed by atoms with van der Waals surface area (Å²) in [7, 11) is 2.16. The normalized spacial score (nSPS) is 27.8. The summed E-state index contributed by atoms with van der Waals surface area (Å²) in [5.74, 6) is 0.321. The van der Waals surface area contributed by atoms with E-state index in [1.54, 1.807) is 12.1 Å². The Kier molecular flexibility index (Phi) is 3.12. The predicted octanol–water partition coefficient (Wildman–Crippen LogP) is 2.22. The van der Waals surface area contributed by atoms with Crippen LogP contribution < -0.4 is 5.32 Å². The highest BCUT2D eigenvalue weighted by Crippen LogP contribution is 2.48. The number of nitrogens with one attached hydrogen (secondary N) is 1. The van der Waals surface area contributed by atoms with Gasteiger partial charge in [-0.25, -0.2) is 4.39 Å². The van der Waals surface area contributed by atoms with E-state index in [9.17, 15) is 4.39 Å². The van der Waals surface area contributed by atoms with E-state index in [0.717, 1.165) is 44.6 Å². The summed E-state index contributed by atoms with van der Waals surface area (Å²) in [5.41, 5.74) is 1.20. The molecule has 2 aliphatic heterocycles. The van der Waals surface area contributed by atoms with Crippen molar-refractivity contribution < 1.29 is 4.39 Å². The smallest absolute Gasteiger partial charge is 0.126 e. The highest BCUT2D eigenvalue weighted by Gasteiger charge is 2.46. The number of nitrogens with zero attached hydrogens (tertiary/aromatic N) is 1. The monoisotopic (exact) mass is 248 g/mol. The van der Waals surface area contributed by atoms with Gasteiger partial charge in [-0.1, -0.05) is 18.2 Å². The second-order valence-electron chi connectivity index (χ2n) is 5.88. The van der Waals surface area contributed by atoms with Crippen molar-refractivity contribution in [2.75, 3.05) is 33.2 Å². The SMILES string of the molecule is CN1CC(c2ccccc2F)C2(CCNCC2)C1. The summed E-state index contributed by atoms with van der Waals surface area (Å²) in [6, 6.07) is 7.32. The Hall–Kier alpha value is -0.930. The molecule has 1 aromatic rings. The van der Waals surface area contributed by atoms with Crippen molar-refractivity contribution in [2.45, 2.75) is 18.8 Å². The molecule has 0 amide bonds. The topological polar surface area (TPSA) is 15.3 Å². The average Bonchev–Trinajstić information content (AvgIpc) is 2.67. The Balaban J connectivity index is 1.96. The molecule has 2 nitrogen and oxygen atoms in total. The summed E-state index contributed by atoms with van der Waals surface area (Å²) in [6.07, 6.45) is 2.33. The lowest BCUT2D eigenvalue weighted by molar-refractivity contribution is 0.186. The van der Waals surface area contributed by atoms with Crippen LogP contribution >= 0.6 is 0 Å². The molecule has 0 bridgehead atoms. The molecule has 18 heavy (non-hydrogen) atoms. The molecule has 1 spiro atoms. The third-order valence-corrected chi connectivity index (χ3v) is 4.70. The first-order valence-corrected chi connectivity index (χ1v) is 6.85. The van der Waals surface area contributed by atoms with E-state index in [4.69, 9.17) is 0 Å². The predicted molar refractivity (Wildman–Crippen MR) is 71.2 cm³/mol. The van der Waals surface area contributed by atoms with Gasteiger partial charge in [-0.2, -0.15) is 0 Å². The fraction of sp³-hybridized carbons (Fsp3) is 0.600. The lowest BCUT2D eigenvalue weighted by Gasteiger charge is -2.39. The molecule has 0 aromatic heterocycles. The van der Waals surface area contributed by atoms with Crippen molar-refractivity contribution in [2.24, 2.45) is 5.41 Å².